The maximum absolute atomic E-state index is 5.55. The molecule has 1 nitrogen and oxygen atoms in total. The van der Waals surface area contributed by atoms with Gasteiger partial charge in [-0.3, -0.25) is 0 Å². The first-order chi connectivity index (χ1) is 6.41. The summed E-state index contributed by atoms with van der Waals surface area (Å²) in [5, 5.41) is 0. The Labute approximate surface area is 93.1 Å². The SMILES string of the molecule is CCCCCCCCCC[CH2][Ti][NH2]. The Bertz CT molecular complexity index is 76.2. The fourth-order valence-corrected chi connectivity index (χ4v) is 2.25. The van der Waals surface area contributed by atoms with Gasteiger partial charge in [0.1, 0.15) is 0 Å². The van der Waals surface area contributed by atoms with Crippen LogP contribution in [0.5, 0.6) is 0 Å². The van der Waals surface area contributed by atoms with Gasteiger partial charge in [-0.25, -0.2) is 0 Å². The number of nitrogens with two attached hydrogens (primary N) is 1. The van der Waals surface area contributed by atoms with Gasteiger partial charge in [-0.05, 0) is 0 Å². The van der Waals surface area contributed by atoms with Crippen LogP contribution in [-0.2, 0) is 19.4 Å². The van der Waals surface area contributed by atoms with Gasteiger partial charge in [-0.2, -0.15) is 0 Å². The summed E-state index contributed by atoms with van der Waals surface area (Å²) < 4.78 is 6.89. The number of hydrogen-bond acceptors (Lipinski definition) is 1. The molecule has 0 amide bonds. The fraction of sp³-hybridized carbons (Fsp3) is 1.00. The van der Waals surface area contributed by atoms with Crippen LogP contribution in [-0.4, -0.2) is 0 Å². The zero-order valence-corrected chi connectivity index (χ0v) is 10.7. The van der Waals surface area contributed by atoms with Gasteiger partial charge in [0.25, 0.3) is 0 Å². The van der Waals surface area contributed by atoms with Crippen LogP contribution in [0.4, 0.5) is 0 Å². The van der Waals surface area contributed by atoms with Crippen LogP contribution in [0, 0.1) is 0 Å². The molecule has 0 aromatic heterocycles. The summed E-state index contributed by atoms with van der Waals surface area (Å²) in [6, 6.07) is 0. The van der Waals surface area contributed by atoms with Gasteiger partial charge in [-0.1, -0.05) is 0 Å². The molecule has 0 aliphatic heterocycles. The molecule has 0 saturated carbocycles. The average molecular weight is 219 g/mol. The third-order valence-electron chi connectivity index (χ3n) is 2.42. The zero-order chi connectivity index (χ0) is 9.78. The first-order valence-electron chi connectivity index (χ1n) is 5.85. The van der Waals surface area contributed by atoms with E-state index >= 15 is 0 Å². The summed E-state index contributed by atoms with van der Waals surface area (Å²) in [5.41, 5.74) is 0. The van der Waals surface area contributed by atoms with Crippen molar-refractivity contribution in [3.8, 4) is 0 Å². The van der Waals surface area contributed by atoms with E-state index in [9.17, 15) is 0 Å². The van der Waals surface area contributed by atoms with Gasteiger partial charge in [-0.15, -0.1) is 0 Å². The third-order valence-corrected chi connectivity index (χ3v) is 3.43. The number of rotatable bonds is 10. The molecule has 0 aliphatic carbocycles. The summed E-state index contributed by atoms with van der Waals surface area (Å²) >= 11 is -0.0360. The summed E-state index contributed by atoms with van der Waals surface area (Å²) in [6.45, 7) is 2.27. The minimum atomic E-state index is -0.0360. The first kappa shape index (κ1) is 13.7. The topological polar surface area (TPSA) is 26.0 Å². The van der Waals surface area contributed by atoms with Crippen molar-refractivity contribution >= 4 is 0 Å². The summed E-state index contributed by atoms with van der Waals surface area (Å²) in [6.07, 6.45) is 12.9. The minimum absolute atomic E-state index is 0.0360. The Kier molecular flexibility index (Phi) is 13.3. The molecule has 13 heavy (non-hydrogen) atoms. The molecule has 0 heterocycles. The van der Waals surface area contributed by atoms with Crippen molar-refractivity contribution in [1.82, 2.24) is 0 Å². The molecular weight excluding hydrogens is 194 g/mol. The number of unbranched alkanes of at least 4 members (excludes halogenated alkanes) is 8. The van der Waals surface area contributed by atoms with Crippen molar-refractivity contribution < 1.29 is 19.4 Å². The molecule has 0 radical (unpaired) electrons. The van der Waals surface area contributed by atoms with E-state index < -0.39 is 0 Å². The summed E-state index contributed by atoms with van der Waals surface area (Å²) in [4.78, 5) is 0. The molecule has 0 spiro atoms. The fourth-order valence-electron chi connectivity index (χ4n) is 1.54. The molecule has 0 fully saturated rings. The quantitative estimate of drug-likeness (QED) is 0.437. The van der Waals surface area contributed by atoms with Gasteiger partial charge in [0, 0.05) is 0 Å². The third kappa shape index (κ3) is 12.7. The van der Waals surface area contributed by atoms with Crippen LogP contribution >= 0.6 is 0 Å². The summed E-state index contributed by atoms with van der Waals surface area (Å²) in [5.74, 6) is 0. The van der Waals surface area contributed by atoms with E-state index in [0.717, 1.165) is 0 Å². The molecule has 0 atom stereocenters. The Morgan fingerprint density at radius 3 is 1.69 bits per heavy atom. The van der Waals surface area contributed by atoms with Gasteiger partial charge >= 0.3 is 93.1 Å². The Morgan fingerprint density at radius 1 is 0.769 bits per heavy atom. The van der Waals surface area contributed by atoms with Crippen LogP contribution in [0.3, 0.4) is 0 Å². The summed E-state index contributed by atoms with van der Waals surface area (Å²) in [7, 11) is 0. The molecule has 0 aromatic rings. The van der Waals surface area contributed by atoms with E-state index in [1.807, 2.05) is 0 Å². The second-order valence-electron chi connectivity index (χ2n) is 3.78. The van der Waals surface area contributed by atoms with Crippen LogP contribution < -0.4 is 4.22 Å². The second-order valence-corrected chi connectivity index (χ2v) is 5.20. The van der Waals surface area contributed by atoms with Crippen LogP contribution in [0.25, 0.3) is 0 Å². The van der Waals surface area contributed by atoms with Crippen molar-refractivity contribution in [1.29, 1.82) is 0 Å². The first-order valence-corrected chi connectivity index (χ1v) is 7.86. The molecule has 78 valence electrons. The van der Waals surface area contributed by atoms with Crippen molar-refractivity contribution in [3.05, 3.63) is 0 Å². The van der Waals surface area contributed by atoms with Crippen LogP contribution in [0.1, 0.15) is 64.7 Å². The predicted molar refractivity (Wildman–Crippen MR) is 56.2 cm³/mol. The van der Waals surface area contributed by atoms with Gasteiger partial charge in [0.2, 0.25) is 0 Å². The van der Waals surface area contributed by atoms with Crippen molar-refractivity contribution in [2.75, 3.05) is 0 Å². The molecular formula is C11H25NTi. The Balaban J connectivity index is 2.76. The maximum atomic E-state index is 5.55. The Hall–Kier alpha value is 0.674. The van der Waals surface area contributed by atoms with Crippen molar-refractivity contribution in [2.45, 2.75) is 69.4 Å². The van der Waals surface area contributed by atoms with E-state index in [1.165, 1.54) is 62.5 Å². The Morgan fingerprint density at radius 2 is 1.23 bits per heavy atom. The van der Waals surface area contributed by atoms with Gasteiger partial charge in [0.05, 0.1) is 0 Å². The number of hydrogen-bond donors (Lipinski definition) is 1. The van der Waals surface area contributed by atoms with E-state index in [1.54, 1.807) is 0 Å². The molecule has 0 saturated heterocycles. The normalized spacial score (nSPS) is 10.3. The zero-order valence-electron chi connectivity index (χ0n) is 9.15. The van der Waals surface area contributed by atoms with Gasteiger partial charge in [0.15, 0.2) is 0 Å². The second kappa shape index (κ2) is 12.7. The molecule has 0 aromatic carbocycles. The van der Waals surface area contributed by atoms with Crippen LogP contribution in [0.2, 0.25) is 4.73 Å². The van der Waals surface area contributed by atoms with Crippen molar-refractivity contribution in [2.24, 2.45) is 4.22 Å². The molecule has 0 rings (SSSR count). The monoisotopic (exact) mass is 219 g/mol. The molecule has 0 unspecified atom stereocenters. The molecule has 2 N–H and O–H groups in total. The standard InChI is InChI=1S/C11H23.H2N.Ti/c1-3-5-7-9-11-10-8-6-4-2;;/h1,3-11H2,2H3;1H2;/q;-1;+1. The van der Waals surface area contributed by atoms with Crippen molar-refractivity contribution in [3.63, 3.8) is 0 Å². The molecule has 0 aliphatic rings. The van der Waals surface area contributed by atoms with Gasteiger partial charge < -0.3 is 0 Å². The van der Waals surface area contributed by atoms with E-state index in [0.29, 0.717) is 0 Å². The van der Waals surface area contributed by atoms with E-state index in [-0.39, 0.29) is 19.4 Å². The average Bonchev–Trinajstić information content (AvgIpc) is 2.16. The van der Waals surface area contributed by atoms with E-state index in [2.05, 4.69) is 6.92 Å². The molecule has 0 bridgehead atoms. The molecule has 2 heteroatoms. The van der Waals surface area contributed by atoms with E-state index in [4.69, 9.17) is 4.22 Å². The predicted octanol–water partition coefficient (Wildman–Crippen LogP) is 3.89. The van der Waals surface area contributed by atoms with Crippen LogP contribution in [0.15, 0.2) is 0 Å².